The molecule has 0 unspecified atom stereocenters. The Bertz CT molecular complexity index is 250. The molecule has 0 amide bonds. The van der Waals surface area contributed by atoms with Crippen LogP contribution >= 0.6 is 0 Å². The van der Waals surface area contributed by atoms with Gasteiger partial charge < -0.3 is 4.90 Å². The number of hydrogen-bond acceptors (Lipinski definition) is 1. The first-order valence-electron chi connectivity index (χ1n) is 4.31. The van der Waals surface area contributed by atoms with E-state index in [9.17, 15) is 0 Å². The minimum Gasteiger partial charge on any atom is -0.374 e. The van der Waals surface area contributed by atoms with Crippen LogP contribution in [0.3, 0.4) is 0 Å². The molecule has 0 aliphatic heterocycles. The lowest BCUT2D eigenvalue weighted by molar-refractivity contribution is 0.443. The van der Waals surface area contributed by atoms with Gasteiger partial charge in [0.2, 0.25) is 0 Å². The van der Waals surface area contributed by atoms with Crippen LogP contribution in [0.4, 0.5) is 0 Å². The Labute approximate surface area is 81.4 Å². The van der Waals surface area contributed by atoms with Crippen LogP contribution in [0.15, 0.2) is 37.1 Å². The summed E-state index contributed by atoms with van der Waals surface area (Å²) in [5, 5.41) is 0. The summed E-state index contributed by atoms with van der Waals surface area (Å²) in [5.41, 5.74) is 0.984. The number of nitrogens with zero attached hydrogens (tertiary/aromatic N) is 1. The maximum Gasteiger partial charge on any atom is 0.0290 e. The zero-order chi connectivity index (χ0) is 10.1. The fourth-order valence-corrected chi connectivity index (χ4v) is 0.799. The highest BCUT2D eigenvalue weighted by molar-refractivity contribution is 5.17. The molecule has 70 valence electrons. The monoisotopic (exact) mass is 175 g/mol. The lowest BCUT2D eigenvalue weighted by Crippen LogP contribution is -2.16. The summed E-state index contributed by atoms with van der Waals surface area (Å²) in [6.45, 7) is 10.3. The highest BCUT2D eigenvalue weighted by atomic mass is 15.1. The molecule has 0 rings (SSSR count). The van der Waals surface area contributed by atoms with E-state index in [4.69, 9.17) is 0 Å². The van der Waals surface area contributed by atoms with Crippen LogP contribution in [0.1, 0.15) is 13.3 Å². The fraction of sp³-hybridized carbons (Fsp3) is 0.333. The first-order chi connectivity index (χ1) is 6.22. The van der Waals surface area contributed by atoms with Crippen LogP contribution in [0.25, 0.3) is 0 Å². The highest BCUT2D eigenvalue weighted by Crippen LogP contribution is 2.00. The van der Waals surface area contributed by atoms with Crippen molar-refractivity contribution in [2.75, 3.05) is 13.6 Å². The molecule has 0 aromatic heterocycles. The molecule has 0 aliphatic rings. The molecule has 0 atom stereocenters. The van der Waals surface area contributed by atoms with Gasteiger partial charge in [-0.3, -0.25) is 0 Å². The molecule has 1 heteroatoms. The average molecular weight is 175 g/mol. The van der Waals surface area contributed by atoms with E-state index in [1.807, 2.05) is 26.1 Å². The van der Waals surface area contributed by atoms with Gasteiger partial charge in [0.1, 0.15) is 0 Å². The largest absolute Gasteiger partial charge is 0.374 e. The van der Waals surface area contributed by atoms with E-state index in [0.29, 0.717) is 0 Å². The van der Waals surface area contributed by atoms with E-state index in [0.717, 1.165) is 18.7 Å². The Morgan fingerprint density at radius 2 is 2.23 bits per heavy atom. The summed E-state index contributed by atoms with van der Waals surface area (Å²) in [7, 11) is 2.01. The van der Waals surface area contributed by atoms with Crippen LogP contribution in [0, 0.1) is 11.8 Å². The maximum absolute atomic E-state index is 3.91. The Morgan fingerprint density at radius 3 is 2.77 bits per heavy atom. The fourth-order valence-electron chi connectivity index (χ4n) is 0.799. The molecular weight excluding hydrogens is 158 g/mol. The summed E-state index contributed by atoms with van der Waals surface area (Å²) in [6, 6.07) is 0. The lowest BCUT2D eigenvalue weighted by atomic mass is 10.3. The smallest absolute Gasteiger partial charge is 0.0290 e. The van der Waals surface area contributed by atoms with E-state index in [1.54, 1.807) is 6.08 Å². The summed E-state index contributed by atoms with van der Waals surface area (Å²) in [6.07, 6.45) is 6.44. The Balaban J connectivity index is 3.86. The predicted molar refractivity (Wildman–Crippen MR) is 59.2 cm³/mol. The zero-order valence-electron chi connectivity index (χ0n) is 8.51. The summed E-state index contributed by atoms with van der Waals surface area (Å²) in [4.78, 5) is 2.07. The second-order valence-corrected chi connectivity index (χ2v) is 2.68. The minimum absolute atomic E-state index is 0.883. The predicted octanol–water partition coefficient (Wildman–Crippen LogP) is 2.59. The Hall–Kier alpha value is -1.42. The van der Waals surface area contributed by atoms with Gasteiger partial charge in [-0.2, -0.15) is 0 Å². The lowest BCUT2D eigenvalue weighted by Gasteiger charge is -2.17. The molecular formula is C12H17N. The van der Waals surface area contributed by atoms with Crippen molar-refractivity contribution >= 4 is 0 Å². The van der Waals surface area contributed by atoms with E-state index < -0.39 is 0 Å². The minimum atomic E-state index is 0.883. The van der Waals surface area contributed by atoms with E-state index in [2.05, 4.69) is 29.9 Å². The van der Waals surface area contributed by atoms with Crippen molar-refractivity contribution in [2.24, 2.45) is 0 Å². The van der Waals surface area contributed by atoms with E-state index in [1.165, 1.54) is 0 Å². The maximum atomic E-state index is 3.91. The number of rotatable bonds is 5. The third-order valence-corrected chi connectivity index (χ3v) is 1.66. The van der Waals surface area contributed by atoms with Gasteiger partial charge >= 0.3 is 0 Å². The normalized spacial score (nSPS) is 9.08. The number of allylic oxidation sites excluding steroid dienone is 3. The summed E-state index contributed by atoms with van der Waals surface area (Å²) in [5.74, 6) is 5.88. The second kappa shape index (κ2) is 7.24. The molecule has 0 radical (unpaired) electrons. The Kier molecular flexibility index (Phi) is 6.45. The van der Waals surface area contributed by atoms with Gasteiger partial charge in [0.25, 0.3) is 0 Å². The van der Waals surface area contributed by atoms with Crippen molar-refractivity contribution in [2.45, 2.75) is 13.3 Å². The molecule has 0 saturated heterocycles. The third-order valence-electron chi connectivity index (χ3n) is 1.66. The quantitative estimate of drug-likeness (QED) is 0.458. The zero-order valence-corrected chi connectivity index (χ0v) is 8.51. The van der Waals surface area contributed by atoms with Gasteiger partial charge in [-0.15, -0.1) is 11.8 Å². The van der Waals surface area contributed by atoms with Gasteiger partial charge in [-0.05, 0) is 13.0 Å². The molecule has 0 aromatic carbocycles. The molecule has 0 N–H and O–H groups in total. The van der Waals surface area contributed by atoms with E-state index in [-0.39, 0.29) is 0 Å². The first-order valence-corrected chi connectivity index (χ1v) is 4.31. The van der Waals surface area contributed by atoms with Gasteiger partial charge in [-0.25, -0.2) is 0 Å². The summed E-state index contributed by atoms with van der Waals surface area (Å²) >= 11 is 0. The molecule has 1 nitrogen and oxygen atoms in total. The van der Waals surface area contributed by atoms with Gasteiger partial charge in [0.15, 0.2) is 0 Å². The number of hydrogen-bond donors (Lipinski definition) is 0. The first kappa shape index (κ1) is 11.6. The van der Waals surface area contributed by atoms with Gasteiger partial charge in [0.05, 0.1) is 0 Å². The standard InChI is InChI=1S/C12H17N/c1-5-7-9-11-13(4)12(3)10-8-6-2/h6,8,10H,2-3,9,11H2,1,4H3/b10-8-. The van der Waals surface area contributed by atoms with Gasteiger partial charge in [-0.1, -0.05) is 25.3 Å². The topological polar surface area (TPSA) is 3.24 Å². The molecule has 0 bridgehead atoms. The second-order valence-electron chi connectivity index (χ2n) is 2.68. The molecule has 0 fully saturated rings. The molecule has 0 aromatic rings. The van der Waals surface area contributed by atoms with Crippen molar-refractivity contribution in [3.05, 3.63) is 37.1 Å². The van der Waals surface area contributed by atoms with Crippen LogP contribution < -0.4 is 0 Å². The molecule has 0 spiro atoms. The third kappa shape index (κ3) is 5.81. The van der Waals surface area contributed by atoms with Crippen molar-refractivity contribution in [1.82, 2.24) is 4.90 Å². The Morgan fingerprint density at radius 1 is 1.54 bits per heavy atom. The molecule has 13 heavy (non-hydrogen) atoms. The van der Waals surface area contributed by atoms with Gasteiger partial charge in [0, 0.05) is 25.7 Å². The SMILES string of the molecule is C=C/C=C\C(=C)N(C)CCC#CC. The average Bonchev–Trinajstić information content (AvgIpc) is 2.14. The van der Waals surface area contributed by atoms with Crippen molar-refractivity contribution < 1.29 is 0 Å². The van der Waals surface area contributed by atoms with Crippen LogP contribution in [0.2, 0.25) is 0 Å². The molecule has 0 saturated carbocycles. The van der Waals surface area contributed by atoms with Crippen molar-refractivity contribution in [1.29, 1.82) is 0 Å². The van der Waals surface area contributed by atoms with Crippen LogP contribution in [-0.4, -0.2) is 18.5 Å². The summed E-state index contributed by atoms with van der Waals surface area (Å²) < 4.78 is 0. The number of likely N-dealkylation sites (N-methyl/N-ethyl adjacent to an activating group) is 1. The van der Waals surface area contributed by atoms with E-state index >= 15 is 0 Å². The van der Waals surface area contributed by atoms with Crippen molar-refractivity contribution in [3.8, 4) is 11.8 Å². The molecule has 0 heterocycles. The van der Waals surface area contributed by atoms with Crippen molar-refractivity contribution in [3.63, 3.8) is 0 Å². The van der Waals surface area contributed by atoms with Crippen LogP contribution in [0.5, 0.6) is 0 Å². The highest BCUT2D eigenvalue weighted by Gasteiger charge is 1.95. The van der Waals surface area contributed by atoms with Crippen LogP contribution in [-0.2, 0) is 0 Å². The molecule has 0 aliphatic carbocycles.